The molecule has 36 heavy (non-hydrogen) atoms. The number of anilines is 1. The minimum Gasteiger partial charge on any atom is -0.490 e. The summed E-state index contributed by atoms with van der Waals surface area (Å²) in [5.74, 6) is -0.408. The number of benzene rings is 3. The third kappa shape index (κ3) is 5.49. The third-order valence-corrected chi connectivity index (χ3v) is 6.13. The highest BCUT2D eigenvalue weighted by Crippen LogP contribution is 2.31. The maximum Gasteiger partial charge on any atom is 0.335 e. The van der Waals surface area contributed by atoms with Crippen LogP contribution in [0.15, 0.2) is 76.8 Å². The van der Waals surface area contributed by atoms with E-state index >= 15 is 0 Å². The Morgan fingerprint density at radius 1 is 0.917 bits per heavy atom. The van der Waals surface area contributed by atoms with Crippen LogP contribution in [-0.2, 0) is 22.6 Å². The van der Waals surface area contributed by atoms with Gasteiger partial charge in [-0.1, -0.05) is 59.3 Å². The maximum atomic E-state index is 13.3. The molecule has 0 bridgehead atoms. The number of nitrogens with one attached hydrogen (secondary N) is 1. The molecule has 184 valence electrons. The van der Waals surface area contributed by atoms with Crippen molar-refractivity contribution in [3.63, 3.8) is 0 Å². The van der Waals surface area contributed by atoms with Crippen LogP contribution in [-0.4, -0.2) is 24.5 Å². The van der Waals surface area contributed by atoms with Gasteiger partial charge >= 0.3 is 6.03 Å². The average Bonchev–Trinajstić information content (AvgIpc) is 2.87. The molecule has 1 aliphatic heterocycles. The minimum absolute atomic E-state index is 0.147. The van der Waals surface area contributed by atoms with Gasteiger partial charge in [-0.25, -0.2) is 9.69 Å². The number of hydrogen-bond donors (Lipinski definition) is 1. The van der Waals surface area contributed by atoms with E-state index in [1.807, 2.05) is 50.2 Å². The third-order valence-electron chi connectivity index (χ3n) is 5.60. The van der Waals surface area contributed by atoms with E-state index in [-0.39, 0.29) is 5.57 Å². The summed E-state index contributed by atoms with van der Waals surface area (Å²) in [6.07, 6.45) is 2.08. The molecule has 0 saturated carbocycles. The molecule has 7 nitrogen and oxygen atoms in total. The number of urea groups is 1. The second kappa shape index (κ2) is 11.2. The molecule has 0 radical (unpaired) electrons. The number of imide groups is 2. The molecule has 1 saturated heterocycles. The van der Waals surface area contributed by atoms with E-state index in [4.69, 9.17) is 9.47 Å². The summed E-state index contributed by atoms with van der Waals surface area (Å²) < 4.78 is 12.7. The Morgan fingerprint density at radius 2 is 1.67 bits per heavy atom. The highest BCUT2D eigenvalue weighted by atomic mass is 79.9. The Bertz CT molecular complexity index is 1330. The van der Waals surface area contributed by atoms with Crippen LogP contribution in [0.3, 0.4) is 0 Å². The molecule has 0 spiro atoms. The number of barbiturate groups is 1. The molecular weight excluding hydrogens is 524 g/mol. The molecule has 1 heterocycles. The smallest absolute Gasteiger partial charge is 0.335 e. The Kier molecular flexibility index (Phi) is 7.85. The molecule has 1 fully saturated rings. The van der Waals surface area contributed by atoms with Gasteiger partial charge in [-0.15, -0.1) is 0 Å². The molecule has 1 aliphatic rings. The van der Waals surface area contributed by atoms with Gasteiger partial charge in [0.2, 0.25) is 0 Å². The molecule has 3 aromatic rings. The van der Waals surface area contributed by atoms with Crippen molar-refractivity contribution < 1.29 is 23.9 Å². The molecule has 0 unspecified atom stereocenters. The van der Waals surface area contributed by atoms with Crippen molar-refractivity contribution in [2.75, 3.05) is 11.5 Å². The zero-order chi connectivity index (χ0) is 25.7. The van der Waals surface area contributed by atoms with Crippen LogP contribution in [0.4, 0.5) is 10.5 Å². The van der Waals surface area contributed by atoms with Crippen molar-refractivity contribution in [1.82, 2.24) is 5.32 Å². The van der Waals surface area contributed by atoms with Gasteiger partial charge in [0.25, 0.3) is 11.8 Å². The van der Waals surface area contributed by atoms with E-state index in [9.17, 15) is 14.4 Å². The number of ether oxygens (including phenoxy) is 2. The van der Waals surface area contributed by atoms with E-state index in [0.29, 0.717) is 42.4 Å². The standard InChI is InChI=1S/C28H25BrN2O5/c1-3-20-7-5-6-8-23(20)31-27(33)22(26(32)30-28(31)34)15-19-11-14-24(25(16-19)35-4-2)36-17-18-9-12-21(29)13-10-18/h5-16H,3-4,17H2,1-2H3,(H,30,32,34)/b22-15-. The molecule has 4 amide bonds. The Morgan fingerprint density at radius 3 is 2.39 bits per heavy atom. The number of rotatable bonds is 8. The Labute approximate surface area is 217 Å². The molecule has 8 heteroatoms. The highest BCUT2D eigenvalue weighted by molar-refractivity contribution is 9.10. The van der Waals surface area contributed by atoms with Crippen molar-refractivity contribution in [3.8, 4) is 11.5 Å². The molecule has 3 aromatic carbocycles. The fraction of sp³-hybridized carbons (Fsp3) is 0.179. The molecular formula is C28H25BrN2O5. The van der Waals surface area contributed by atoms with Crippen LogP contribution in [0.25, 0.3) is 6.08 Å². The zero-order valence-electron chi connectivity index (χ0n) is 19.9. The van der Waals surface area contributed by atoms with E-state index < -0.39 is 17.8 Å². The summed E-state index contributed by atoms with van der Waals surface area (Å²) in [4.78, 5) is 39.5. The Hall–Kier alpha value is -3.91. The number of carbonyl (C=O) groups is 3. The van der Waals surface area contributed by atoms with Crippen LogP contribution in [0.5, 0.6) is 11.5 Å². The number of halogens is 1. The van der Waals surface area contributed by atoms with Crippen LogP contribution < -0.4 is 19.7 Å². The lowest BCUT2D eigenvalue weighted by Crippen LogP contribution is -2.54. The number of aryl methyl sites for hydroxylation is 1. The van der Waals surface area contributed by atoms with Gasteiger partial charge in [0.05, 0.1) is 12.3 Å². The van der Waals surface area contributed by atoms with Crippen molar-refractivity contribution >= 4 is 45.5 Å². The van der Waals surface area contributed by atoms with Gasteiger partial charge in [-0.05, 0) is 66.4 Å². The summed E-state index contributed by atoms with van der Waals surface area (Å²) in [5, 5.41) is 2.27. The number of para-hydroxylation sites is 1. The largest absolute Gasteiger partial charge is 0.490 e. The fourth-order valence-electron chi connectivity index (χ4n) is 3.81. The lowest BCUT2D eigenvalue weighted by atomic mass is 10.0. The topological polar surface area (TPSA) is 84.9 Å². The van der Waals surface area contributed by atoms with Crippen molar-refractivity contribution in [2.24, 2.45) is 0 Å². The molecule has 0 aliphatic carbocycles. The summed E-state index contributed by atoms with van der Waals surface area (Å²) >= 11 is 3.42. The van der Waals surface area contributed by atoms with Crippen LogP contribution in [0.2, 0.25) is 0 Å². The van der Waals surface area contributed by atoms with Crippen molar-refractivity contribution in [1.29, 1.82) is 0 Å². The van der Waals surface area contributed by atoms with Gasteiger partial charge in [-0.3, -0.25) is 14.9 Å². The number of amides is 4. The first-order valence-corrected chi connectivity index (χ1v) is 12.3. The minimum atomic E-state index is -0.769. The fourth-order valence-corrected chi connectivity index (χ4v) is 4.08. The molecule has 0 aromatic heterocycles. The second-order valence-electron chi connectivity index (χ2n) is 7.99. The lowest BCUT2D eigenvalue weighted by molar-refractivity contribution is -0.122. The first-order chi connectivity index (χ1) is 17.4. The van der Waals surface area contributed by atoms with Gasteiger partial charge in [0, 0.05) is 4.47 Å². The van der Waals surface area contributed by atoms with E-state index in [1.54, 1.807) is 30.3 Å². The van der Waals surface area contributed by atoms with Gasteiger partial charge in [0.15, 0.2) is 11.5 Å². The Balaban J connectivity index is 1.62. The quantitative estimate of drug-likeness (QED) is 0.290. The maximum absolute atomic E-state index is 13.3. The highest BCUT2D eigenvalue weighted by Gasteiger charge is 2.37. The number of hydrogen-bond acceptors (Lipinski definition) is 5. The second-order valence-corrected chi connectivity index (χ2v) is 8.91. The first-order valence-electron chi connectivity index (χ1n) is 11.5. The predicted molar refractivity (Wildman–Crippen MR) is 141 cm³/mol. The van der Waals surface area contributed by atoms with Crippen molar-refractivity contribution in [3.05, 3.63) is 93.5 Å². The summed E-state index contributed by atoms with van der Waals surface area (Å²) in [6, 6.07) is 19.3. The van der Waals surface area contributed by atoms with Gasteiger partial charge in [-0.2, -0.15) is 0 Å². The van der Waals surface area contributed by atoms with E-state index in [2.05, 4.69) is 21.2 Å². The van der Waals surface area contributed by atoms with Crippen molar-refractivity contribution in [2.45, 2.75) is 26.9 Å². The zero-order valence-corrected chi connectivity index (χ0v) is 21.5. The van der Waals surface area contributed by atoms with Crippen LogP contribution in [0, 0.1) is 0 Å². The van der Waals surface area contributed by atoms with Gasteiger partial charge in [0.1, 0.15) is 12.2 Å². The molecule has 0 atom stereocenters. The summed E-state index contributed by atoms with van der Waals surface area (Å²) in [7, 11) is 0. The van der Waals surface area contributed by atoms with Gasteiger partial charge < -0.3 is 9.47 Å². The van der Waals surface area contributed by atoms with E-state index in [0.717, 1.165) is 20.5 Å². The number of nitrogens with zero attached hydrogens (tertiary/aromatic N) is 1. The van der Waals surface area contributed by atoms with Crippen LogP contribution in [0.1, 0.15) is 30.5 Å². The summed E-state index contributed by atoms with van der Waals surface area (Å²) in [6.45, 7) is 4.55. The lowest BCUT2D eigenvalue weighted by Gasteiger charge is -2.28. The first kappa shape index (κ1) is 25.2. The number of carbonyl (C=O) groups excluding carboxylic acids is 3. The predicted octanol–water partition coefficient (Wildman–Crippen LogP) is 5.66. The molecule has 1 N–H and O–H groups in total. The monoisotopic (exact) mass is 548 g/mol. The SMILES string of the molecule is CCOc1cc(/C=C2/C(=O)NC(=O)N(c3ccccc3CC)C2=O)ccc1OCc1ccc(Br)cc1. The van der Waals surface area contributed by atoms with Crippen LogP contribution >= 0.6 is 15.9 Å². The normalized spacial score (nSPS) is 14.7. The molecule has 4 rings (SSSR count). The van der Waals surface area contributed by atoms with E-state index in [1.165, 1.54) is 6.08 Å². The summed E-state index contributed by atoms with van der Waals surface area (Å²) in [5.41, 5.74) is 2.68. The average molecular weight is 549 g/mol.